The molecule has 0 radical (unpaired) electrons. The maximum absolute atomic E-state index is 13.5. The van der Waals surface area contributed by atoms with Crippen LogP contribution in [0, 0.1) is 11.3 Å². The molecule has 0 aliphatic heterocycles. The Bertz CT molecular complexity index is 1840. The van der Waals surface area contributed by atoms with Crippen LogP contribution in [0.2, 0.25) is 20.1 Å². The molecule has 0 unspecified atom stereocenters. The Kier molecular flexibility index (Phi) is 8.26. The number of primary amides is 1. The lowest BCUT2D eigenvalue weighted by molar-refractivity contribution is -0.112. The van der Waals surface area contributed by atoms with Gasteiger partial charge in [0.1, 0.15) is 10.7 Å². The first-order valence-electron chi connectivity index (χ1n) is 10.6. The first-order chi connectivity index (χ1) is 18.1. The number of carbonyl (C=O) groups excluding carboxylic acids is 2. The smallest absolute Gasteiger partial charge is 0.273 e. The van der Waals surface area contributed by atoms with Gasteiger partial charge in [-0.05, 0) is 60.2 Å². The number of thiazole rings is 1. The van der Waals surface area contributed by atoms with Gasteiger partial charge in [-0.3, -0.25) is 19.0 Å². The summed E-state index contributed by atoms with van der Waals surface area (Å²) in [4.78, 5) is 38.1. The van der Waals surface area contributed by atoms with Crippen molar-refractivity contribution in [3.8, 4) is 11.8 Å². The van der Waals surface area contributed by atoms with Crippen molar-refractivity contribution < 1.29 is 9.59 Å². The summed E-state index contributed by atoms with van der Waals surface area (Å²) in [7, 11) is 0. The average Bonchev–Trinajstić information content (AvgIpc) is 3.14. The van der Waals surface area contributed by atoms with Crippen molar-refractivity contribution >= 4 is 86.9 Å². The summed E-state index contributed by atoms with van der Waals surface area (Å²) in [6.45, 7) is 0. The van der Waals surface area contributed by atoms with Crippen LogP contribution in [0.4, 0.5) is 5.69 Å². The molecule has 0 bridgehead atoms. The molecule has 38 heavy (non-hydrogen) atoms. The number of rotatable bonds is 5. The lowest BCUT2D eigenvalue weighted by Crippen LogP contribution is -2.32. The van der Waals surface area contributed by atoms with Crippen molar-refractivity contribution in [2.45, 2.75) is 0 Å². The number of halogens is 4. The summed E-state index contributed by atoms with van der Waals surface area (Å²) in [5.74, 6) is -1.44. The largest absolute Gasteiger partial charge is 0.365 e. The van der Waals surface area contributed by atoms with E-state index in [1.165, 1.54) is 30.3 Å². The van der Waals surface area contributed by atoms with Crippen LogP contribution in [0.5, 0.6) is 0 Å². The van der Waals surface area contributed by atoms with Gasteiger partial charge < -0.3 is 11.1 Å². The molecule has 0 atom stereocenters. The molecule has 7 nitrogen and oxygen atoms in total. The molecule has 190 valence electrons. The first-order valence-corrected chi connectivity index (χ1v) is 12.9. The number of nitrogens with zero attached hydrogens (tertiary/aromatic N) is 2. The molecule has 3 aromatic carbocycles. The second kappa shape index (κ2) is 11.4. The number of benzene rings is 3. The molecule has 0 aliphatic rings. The zero-order valence-electron chi connectivity index (χ0n) is 19.0. The molecule has 12 heteroatoms. The Hall–Kier alpha value is -3.58. The third kappa shape index (κ3) is 5.78. The van der Waals surface area contributed by atoms with E-state index < -0.39 is 22.9 Å². The van der Waals surface area contributed by atoms with Crippen molar-refractivity contribution in [3.05, 3.63) is 111 Å². The number of aromatic nitrogens is 1. The molecule has 0 spiro atoms. The summed E-state index contributed by atoms with van der Waals surface area (Å²) in [5, 5.41) is 13.4. The van der Waals surface area contributed by atoms with E-state index >= 15 is 0 Å². The van der Waals surface area contributed by atoms with Crippen LogP contribution in [0.15, 0.2) is 65.5 Å². The fraction of sp³-hybridized carbons (Fsp3) is 0. The number of hydrogen-bond donors (Lipinski definition) is 2. The molecule has 0 fully saturated rings. The molecular weight excluding hydrogens is 590 g/mol. The van der Waals surface area contributed by atoms with Gasteiger partial charge in [0, 0.05) is 15.7 Å². The normalized spacial score (nSPS) is 12.1. The predicted molar refractivity (Wildman–Crippen MR) is 152 cm³/mol. The number of hydrogen-bond acceptors (Lipinski definition) is 5. The minimum atomic E-state index is -0.996. The monoisotopic (exact) mass is 602 g/mol. The maximum Gasteiger partial charge on any atom is 0.273 e. The van der Waals surface area contributed by atoms with Gasteiger partial charge in [0.05, 0.1) is 25.8 Å². The summed E-state index contributed by atoms with van der Waals surface area (Å²) < 4.78 is 1.35. The third-order valence-corrected chi connectivity index (χ3v) is 7.34. The number of carbonyl (C=O) groups is 2. The van der Waals surface area contributed by atoms with E-state index in [-0.39, 0.29) is 30.5 Å². The quantitative estimate of drug-likeness (QED) is 0.342. The van der Waals surface area contributed by atoms with Crippen molar-refractivity contribution in [1.82, 2.24) is 4.57 Å². The van der Waals surface area contributed by atoms with Crippen molar-refractivity contribution in [3.63, 3.8) is 0 Å². The highest BCUT2D eigenvalue weighted by Crippen LogP contribution is 2.24. The first kappa shape index (κ1) is 27.5. The van der Waals surface area contributed by atoms with Crippen LogP contribution in [0.25, 0.3) is 17.3 Å². The molecule has 2 amide bonds. The van der Waals surface area contributed by atoms with Gasteiger partial charge in [0.25, 0.3) is 17.4 Å². The number of anilines is 1. The highest BCUT2D eigenvalue weighted by atomic mass is 35.5. The molecule has 3 N–H and O–H groups in total. The molecule has 1 aromatic heterocycles. The van der Waals surface area contributed by atoms with Crippen LogP contribution in [0.1, 0.15) is 15.9 Å². The third-order valence-electron chi connectivity index (χ3n) is 5.16. The van der Waals surface area contributed by atoms with Crippen LogP contribution in [-0.2, 0) is 4.79 Å². The topological polar surface area (TPSA) is 118 Å². The second-order valence-corrected chi connectivity index (χ2v) is 10.4. The van der Waals surface area contributed by atoms with Crippen LogP contribution >= 0.6 is 57.7 Å². The molecule has 0 aliphatic carbocycles. The number of nitrogens with one attached hydrogen (secondary N) is 1. The van der Waals surface area contributed by atoms with Gasteiger partial charge in [-0.15, -0.1) is 11.3 Å². The second-order valence-electron chi connectivity index (χ2n) is 7.71. The molecule has 4 rings (SSSR count). The van der Waals surface area contributed by atoms with E-state index in [2.05, 4.69) is 5.32 Å². The van der Waals surface area contributed by atoms with E-state index in [1.807, 2.05) is 0 Å². The van der Waals surface area contributed by atoms with Crippen LogP contribution in [0.3, 0.4) is 0 Å². The molecule has 0 saturated heterocycles. The lowest BCUT2D eigenvalue weighted by atomic mass is 10.1. The zero-order valence-corrected chi connectivity index (χ0v) is 22.8. The predicted octanol–water partition coefficient (Wildman–Crippen LogP) is 4.75. The van der Waals surface area contributed by atoms with E-state index in [4.69, 9.17) is 52.1 Å². The van der Waals surface area contributed by atoms with Crippen molar-refractivity contribution in [2.75, 3.05) is 5.32 Å². The van der Waals surface area contributed by atoms with Crippen LogP contribution < -0.4 is 25.8 Å². The molecule has 1 heterocycles. The lowest BCUT2D eigenvalue weighted by Gasteiger charge is -2.07. The van der Waals surface area contributed by atoms with Gasteiger partial charge >= 0.3 is 0 Å². The Balaban J connectivity index is 1.83. The maximum atomic E-state index is 13.5. The summed E-state index contributed by atoms with van der Waals surface area (Å²) in [6, 6.07) is 17.5. The molecule has 4 aromatic rings. The van der Waals surface area contributed by atoms with E-state index in [9.17, 15) is 19.6 Å². The SMILES string of the molecule is N#C/C(C(N)=O)=c1/s/c(=C/c2cccc(NC(=O)c3ccc(Cl)cc3Cl)c2)c(=O)n1-c1ccc(Cl)cc1Cl. The fourth-order valence-electron chi connectivity index (χ4n) is 3.47. The molecule has 0 saturated carbocycles. The van der Waals surface area contributed by atoms with Gasteiger partial charge in [-0.25, -0.2) is 0 Å². The van der Waals surface area contributed by atoms with E-state index in [0.717, 1.165) is 15.9 Å². The Morgan fingerprint density at radius 2 is 1.66 bits per heavy atom. The minimum absolute atomic E-state index is 0.0160. The minimum Gasteiger partial charge on any atom is -0.365 e. The number of nitriles is 1. The van der Waals surface area contributed by atoms with Gasteiger partial charge in [-0.1, -0.05) is 58.5 Å². The number of nitrogens with two attached hydrogens (primary N) is 1. The zero-order chi connectivity index (χ0) is 27.6. The Morgan fingerprint density at radius 1 is 0.974 bits per heavy atom. The number of amides is 2. The van der Waals surface area contributed by atoms with Gasteiger partial charge in [0.2, 0.25) is 0 Å². The Labute approximate surface area is 239 Å². The highest BCUT2D eigenvalue weighted by molar-refractivity contribution is 7.07. The van der Waals surface area contributed by atoms with E-state index in [1.54, 1.807) is 42.5 Å². The highest BCUT2D eigenvalue weighted by Gasteiger charge is 2.17. The van der Waals surface area contributed by atoms with E-state index in [0.29, 0.717) is 21.3 Å². The van der Waals surface area contributed by atoms with Gasteiger partial charge in [-0.2, -0.15) is 5.26 Å². The summed E-state index contributed by atoms with van der Waals surface area (Å²) in [5.41, 5.74) is 5.92. The fourth-order valence-corrected chi connectivity index (χ4v) is 5.56. The summed E-state index contributed by atoms with van der Waals surface area (Å²) in [6.07, 6.45) is 1.55. The average molecular weight is 604 g/mol. The van der Waals surface area contributed by atoms with Crippen molar-refractivity contribution in [2.24, 2.45) is 5.73 Å². The van der Waals surface area contributed by atoms with Crippen LogP contribution in [-0.4, -0.2) is 16.4 Å². The van der Waals surface area contributed by atoms with Gasteiger partial charge in [0.15, 0.2) is 5.57 Å². The molecular formula is C26H14Cl4N4O3S. The summed E-state index contributed by atoms with van der Waals surface area (Å²) >= 11 is 25.2. The Morgan fingerprint density at radius 3 is 2.29 bits per heavy atom. The van der Waals surface area contributed by atoms with Crippen molar-refractivity contribution in [1.29, 1.82) is 5.26 Å². The standard InChI is InChI=1S/C26H14Cl4N4O3S/c27-14-4-6-17(19(29)10-14)24(36)33-16-3-1-2-13(8-16)9-22-25(37)34(21-7-5-15(28)11-20(21)30)26(38-22)18(12-31)23(32)35/h1-11H,(H2,32,35)(H,33,36)/b22-9+,26-18-.